The van der Waals surface area contributed by atoms with Crippen LogP contribution in [0.15, 0.2) is 29.8 Å². The summed E-state index contributed by atoms with van der Waals surface area (Å²) in [6, 6.07) is 6.18. The van der Waals surface area contributed by atoms with E-state index >= 15 is 0 Å². The molecular weight excluding hydrogens is 392 g/mol. The number of Topliss-reactive ketones (excluding diaryl/α,β-unsaturated/α-hetero) is 1. The number of ketones is 1. The Hall–Kier alpha value is -1.53. The van der Waals surface area contributed by atoms with E-state index in [0.29, 0.717) is 16.6 Å². The molecule has 0 saturated heterocycles. The van der Waals surface area contributed by atoms with Crippen LogP contribution >= 0.6 is 30.3 Å². The Morgan fingerprint density at radius 2 is 2.25 bits per heavy atom. The quantitative estimate of drug-likeness (QED) is 0.279. The summed E-state index contributed by atoms with van der Waals surface area (Å²) in [5, 5.41) is 9.51. The molecule has 0 radical (unpaired) electrons. The molecule has 0 spiro atoms. The molecule has 0 fully saturated rings. The van der Waals surface area contributed by atoms with Gasteiger partial charge in [0, 0.05) is 35.7 Å². The molecule has 0 amide bonds. The van der Waals surface area contributed by atoms with E-state index in [9.17, 15) is 9.18 Å². The minimum atomic E-state index is -0.529. The third-order valence-electron chi connectivity index (χ3n) is 2.83. The molecule has 1 aromatic carbocycles. The molecule has 0 atom stereocenters. The van der Waals surface area contributed by atoms with Crippen LogP contribution in [0.5, 0.6) is 0 Å². The maximum atomic E-state index is 13.5. The molecule has 0 saturated carbocycles. The van der Waals surface area contributed by atoms with Gasteiger partial charge in [-0.15, -0.1) is 0 Å². The predicted molar refractivity (Wildman–Crippen MR) is 87.0 cm³/mol. The van der Waals surface area contributed by atoms with E-state index in [-0.39, 0.29) is 11.3 Å². The highest BCUT2D eigenvalue weighted by atomic mass is 127. The van der Waals surface area contributed by atoms with Crippen LogP contribution < -0.4 is 5.73 Å². The molecular formula is C13H9FIN3OS. The van der Waals surface area contributed by atoms with Gasteiger partial charge in [-0.1, -0.05) is 6.08 Å². The summed E-state index contributed by atoms with van der Waals surface area (Å²) in [6.07, 6.45) is 1.46. The number of halogens is 2. The highest BCUT2D eigenvalue weighted by Gasteiger charge is 2.20. The monoisotopic (exact) mass is 401 g/mol. The van der Waals surface area contributed by atoms with E-state index in [1.165, 1.54) is 27.3 Å². The molecule has 0 bridgehead atoms. The van der Waals surface area contributed by atoms with Crippen molar-refractivity contribution in [2.24, 2.45) is 0 Å². The van der Waals surface area contributed by atoms with Gasteiger partial charge in [-0.05, 0) is 25.1 Å². The molecule has 2 N–H and O–H groups in total. The van der Waals surface area contributed by atoms with Gasteiger partial charge in [-0.3, -0.25) is 8.77 Å². The van der Waals surface area contributed by atoms with E-state index in [4.69, 9.17) is 11.0 Å². The summed E-state index contributed by atoms with van der Waals surface area (Å²) < 4.78 is 15.1. The predicted octanol–water partition coefficient (Wildman–Crippen LogP) is 3.86. The highest BCUT2D eigenvalue weighted by Crippen LogP contribution is 2.32. The number of hydrogen-bond donors (Lipinski definition) is 1. The SMILES string of the molecule is C/C=C(\C#N)C(=O)c1cc2cc(F)c(N)cc2n1SI. The molecule has 102 valence electrons. The maximum absolute atomic E-state index is 13.5. The van der Waals surface area contributed by atoms with E-state index in [2.05, 4.69) is 0 Å². The number of nitriles is 1. The molecule has 0 aliphatic heterocycles. The molecule has 0 unspecified atom stereocenters. The summed E-state index contributed by atoms with van der Waals surface area (Å²) in [5.41, 5.74) is 6.59. The summed E-state index contributed by atoms with van der Waals surface area (Å²) in [5.74, 6) is -0.923. The van der Waals surface area contributed by atoms with Crippen molar-refractivity contribution in [3.63, 3.8) is 0 Å². The topological polar surface area (TPSA) is 71.8 Å². The van der Waals surface area contributed by atoms with E-state index in [0.717, 1.165) is 0 Å². The largest absolute Gasteiger partial charge is 0.396 e. The fourth-order valence-electron chi connectivity index (χ4n) is 1.84. The average molecular weight is 401 g/mol. The number of benzene rings is 1. The highest BCUT2D eigenvalue weighted by molar-refractivity contribution is 14.2. The molecule has 0 aliphatic rings. The first-order chi connectivity index (χ1) is 9.53. The third-order valence-corrected chi connectivity index (χ3v) is 4.54. The number of aromatic nitrogens is 1. The Labute approximate surface area is 131 Å². The second-order valence-electron chi connectivity index (χ2n) is 3.97. The van der Waals surface area contributed by atoms with Crippen LogP contribution in [0.1, 0.15) is 17.4 Å². The van der Waals surface area contributed by atoms with Gasteiger partial charge in [0.05, 0.1) is 16.8 Å². The van der Waals surface area contributed by atoms with Crippen LogP contribution in [-0.2, 0) is 0 Å². The van der Waals surface area contributed by atoms with Gasteiger partial charge in [0.25, 0.3) is 0 Å². The Morgan fingerprint density at radius 3 is 2.80 bits per heavy atom. The van der Waals surface area contributed by atoms with Gasteiger partial charge in [0.15, 0.2) is 0 Å². The first-order valence-corrected chi connectivity index (χ1v) is 8.85. The minimum Gasteiger partial charge on any atom is -0.396 e. The number of nitrogens with two attached hydrogens (primary N) is 1. The van der Waals surface area contributed by atoms with Crippen molar-refractivity contribution in [3.05, 3.63) is 41.4 Å². The number of anilines is 1. The first kappa shape index (κ1) is 14.9. The molecule has 4 nitrogen and oxygen atoms in total. The third kappa shape index (κ3) is 2.41. The Balaban J connectivity index is 2.72. The first-order valence-electron chi connectivity index (χ1n) is 5.54. The van der Waals surface area contributed by atoms with E-state index in [1.807, 2.05) is 27.3 Å². The summed E-state index contributed by atoms with van der Waals surface area (Å²) in [6.45, 7) is 1.62. The number of hydrogen-bond acceptors (Lipinski definition) is 4. The van der Waals surface area contributed by atoms with E-state index < -0.39 is 11.6 Å². The van der Waals surface area contributed by atoms with Crippen molar-refractivity contribution in [1.29, 1.82) is 5.26 Å². The Kier molecular flexibility index (Phi) is 4.35. The van der Waals surface area contributed by atoms with E-state index in [1.54, 1.807) is 17.0 Å². The smallest absolute Gasteiger partial charge is 0.220 e. The van der Waals surface area contributed by atoms with Crippen molar-refractivity contribution in [3.8, 4) is 6.07 Å². The molecule has 2 aromatic rings. The van der Waals surface area contributed by atoms with Crippen molar-refractivity contribution < 1.29 is 9.18 Å². The van der Waals surface area contributed by atoms with Gasteiger partial charge >= 0.3 is 0 Å². The Bertz CT molecular complexity index is 776. The van der Waals surface area contributed by atoms with Crippen molar-refractivity contribution >= 4 is 52.7 Å². The molecule has 1 heterocycles. The molecule has 1 aromatic heterocycles. The average Bonchev–Trinajstić information content (AvgIpc) is 2.78. The molecule has 20 heavy (non-hydrogen) atoms. The van der Waals surface area contributed by atoms with Crippen LogP contribution in [0.4, 0.5) is 10.1 Å². The number of carbonyl (C=O) groups is 1. The number of carbonyl (C=O) groups excluding carboxylic acids is 1. The zero-order chi connectivity index (χ0) is 14.9. The zero-order valence-corrected chi connectivity index (χ0v) is 13.3. The standard InChI is InChI=1S/C13H9FIN3OS/c1-2-7(6-16)13(19)12-4-8-3-9(14)10(17)5-11(8)18(12)20-15/h2-5H,17H2,1H3/b7-2+. The number of nitrogen functional groups attached to an aromatic ring is 1. The fourth-order valence-corrected chi connectivity index (χ4v) is 3.55. The van der Waals surface area contributed by atoms with Gasteiger partial charge in [-0.25, -0.2) is 4.39 Å². The zero-order valence-electron chi connectivity index (χ0n) is 10.4. The van der Waals surface area contributed by atoms with Crippen LogP contribution in [-0.4, -0.2) is 9.76 Å². The molecule has 7 heteroatoms. The second kappa shape index (κ2) is 5.85. The van der Waals surface area contributed by atoms with Gasteiger partial charge < -0.3 is 5.73 Å². The lowest BCUT2D eigenvalue weighted by molar-refractivity contribution is 0.103. The Morgan fingerprint density at radius 1 is 1.55 bits per heavy atom. The number of fused-ring (bicyclic) bond motifs is 1. The minimum absolute atomic E-state index is 0.0211. The number of rotatable bonds is 3. The summed E-state index contributed by atoms with van der Waals surface area (Å²) >= 11 is 2.02. The lowest BCUT2D eigenvalue weighted by Crippen LogP contribution is -2.06. The van der Waals surface area contributed by atoms with Crippen molar-refractivity contribution in [2.45, 2.75) is 6.92 Å². The van der Waals surface area contributed by atoms with Crippen molar-refractivity contribution in [2.75, 3.05) is 5.73 Å². The second-order valence-corrected chi connectivity index (χ2v) is 5.65. The van der Waals surface area contributed by atoms with Crippen LogP contribution in [0.2, 0.25) is 0 Å². The molecule has 2 rings (SSSR count). The van der Waals surface area contributed by atoms with Crippen molar-refractivity contribution in [1.82, 2.24) is 3.97 Å². The lowest BCUT2D eigenvalue weighted by Gasteiger charge is -2.04. The maximum Gasteiger partial charge on any atom is 0.220 e. The van der Waals surface area contributed by atoms with Crippen LogP contribution in [0.3, 0.4) is 0 Å². The number of nitrogens with zero attached hydrogens (tertiary/aromatic N) is 2. The van der Waals surface area contributed by atoms with Crippen LogP contribution in [0.25, 0.3) is 10.9 Å². The van der Waals surface area contributed by atoms with Crippen LogP contribution in [0, 0.1) is 17.1 Å². The summed E-state index contributed by atoms with van der Waals surface area (Å²) in [4.78, 5) is 12.3. The summed E-state index contributed by atoms with van der Waals surface area (Å²) in [7, 11) is 1.26. The normalized spacial score (nSPS) is 11.6. The van der Waals surface area contributed by atoms with Gasteiger partial charge in [0.1, 0.15) is 17.6 Å². The van der Waals surface area contributed by atoms with Gasteiger partial charge in [0.2, 0.25) is 5.78 Å². The fraction of sp³-hybridized carbons (Fsp3) is 0.0769. The van der Waals surface area contributed by atoms with Gasteiger partial charge in [-0.2, -0.15) is 5.26 Å². The number of allylic oxidation sites excluding steroid dienone is 2. The lowest BCUT2D eigenvalue weighted by atomic mass is 10.1. The molecule has 0 aliphatic carbocycles.